The molecule has 0 radical (unpaired) electrons. The van der Waals surface area contributed by atoms with Crippen LogP contribution in [0.5, 0.6) is 0 Å². The Morgan fingerprint density at radius 2 is 2.10 bits per heavy atom. The van der Waals surface area contributed by atoms with Crippen molar-refractivity contribution in [2.75, 3.05) is 0 Å². The number of hydrogen-bond donors (Lipinski definition) is 1. The summed E-state index contributed by atoms with van der Waals surface area (Å²) in [5.41, 5.74) is 1.37. The van der Waals surface area contributed by atoms with Crippen molar-refractivity contribution in [2.24, 2.45) is 0 Å². The van der Waals surface area contributed by atoms with Gasteiger partial charge >= 0.3 is 5.69 Å². The molecular weight excluding hydrogens is 290 g/mol. The predicted octanol–water partition coefficient (Wildman–Crippen LogP) is 2.15. The predicted molar refractivity (Wildman–Crippen MR) is 83.0 cm³/mol. The molecular formula is C15H18ClN3O2. The van der Waals surface area contributed by atoms with Gasteiger partial charge < -0.3 is 0 Å². The Kier molecular flexibility index (Phi) is 4.96. The Labute approximate surface area is 127 Å². The molecule has 2 aromatic rings. The third-order valence-corrected chi connectivity index (χ3v) is 3.73. The molecule has 0 aliphatic carbocycles. The Bertz CT molecular complexity index is 749. The molecule has 5 nitrogen and oxygen atoms in total. The lowest BCUT2D eigenvalue weighted by molar-refractivity contribution is 0.663. The third-order valence-electron chi connectivity index (χ3n) is 3.40. The first-order chi connectivity index (χ1) is 10.1. The second kappa shape index (κ2) is 6.72. The zero-order chi connectivity index (χ0) is 15.4. The minimum absolute atomic E-state index is 0.139. The maximum Gasteiger partial charge on any atom is 0.329 e. The van der Waals surface area contributed by atoms with E-state index < -0.39 is 5.69 Å². The molecule has 0 bridgehead atoms. The Hall–Kier alpha value is -1.88. The molecule has 0 aromatic carbocycles. The van der Waals surface area contributed by atoms with Crippen LogP contribution in [0.25, 0.3) is 0 Å². The van der Waals surface area contributed by atoms with E-state index in [1.54, 1.807) is 6.20 Å². The van der Waals surface area contributed by atoms with E-state index in [2.05, 4.69) is 9.97 Å². The largest absolute Gasteiger partial charge is 0.329 e. The van der Waals surface area contributed by atoms with Crippen LogP contribution >= 0.6 is 11.6 Å². The van der Waals surface area contributed by atoms with Crippen molar-refractivity contribution in [3.05, 3.63) is 61.1 Å². The van der Waals surface area contributed by atoms with Crippen LogP contribution in [-0.2, 0) is 19.4 Å². The lowest BCUT2D eigenvalue weighted by atomic mass is 10.1. The molecule has 0 amide bonds. The molecule has 6 heteroatoms. The summed E-state index contributed by atoms with van der Waals surface area (Å²) in [6.45, 7) is 4.13. The molecule has 0 aliphatic heterocycles. The fourth-order valence-electron chi connectivity index (χ4n) is 2.28. The molecule has 2 aromatic heterocycles. The average molecular weight is 308 g/mol. The van der Waals surface area contributed by atoms with Crippen molar-refractivity contribution in [2.45, 2.75) is 39.7 Å². The van der Waals surface area contributed by atoms with Crippen molar-refractivity contribution in [3.8, 4) is 0 Å². The van der Waals surface area contributed by atoms with E-state index in [4.69, 9.17) is 11.6 Å². The molecule has 0 atom stereocenters. The summed E-state index contributed by atoms with van der Waals surface area (Å²) >= 11 is 5.96. The van der Waals surface area contributed by atoms with Gasteiger partial charge in [-0.05, 0) is 24.5 Å². The molecule has 0 saturated heterocycles. The second-order valence-electron chi connectivity index (χ2n) is 4.83. The quantitative estimate of drug-likeness (QED) is 0.861. The minimum Gasteiger partial charge on any atom is -0.297 e. The molecule has 0 saturated carbocycles. The van der Waals surface area contributed by atoms with Crippen molar-refractivity contribution < 1.29 is 0 Å². The lowest BCUT2D eigenvalue weighted by Gasteiger charge is -2.10. The molecule has 2 rings (SSSR count). The summed E-state index contributed by atoms with van der Waals surface area (Å²) in [7, 11) is 0. The van der Waals surface area contributed by atoms with Gasteiger partial charge in [0.2, 0.25) is 0 Å². The van der Waals surface area contributed by atoms with E-state index in [1.165, 1.54) is 4.57 Å². The highest BCUT2D eigenvalue weighted by molar-refractivity contribution is 6.30. The summed E-state index contributed by atoms with van der Waals surface area (Å²) < 4.78 is 1.17. The summed E-state index contributed by atoms with van der Waals surface area (Å²) in [4.78, 5) is 31.3. The average Bonchev–Trinajstić information content (AvgIpc) is 2.48. The van der Waals surface area contributed by atoms with Crippen molar-refractivity contribution in [1.82, 2.24) is 14.5 Å². The fraction of sp³-hybridized carbons (Fsp3) is 0.400. The van der Waals surface area contributed by atoms with Crippen LogP contribution in [0.2, 0.25) is 5.15 Å². The number of H-pyrrole nitrogens is 1. The zero-order valence-corrected chi connectivity index (χ0v) is 12.9. The number of nitrogens with one attached hydrogen (secondary N) is 1. The van der Waals surface area contributed by atoms with Gasteiger partial charge in [0.1, 0.15) is 5.15 Å². The normalized spacial score (nSPS) is 10.8. The maximum atomic E-state index is 12.4. The Morgan fingerprint density at radius 3 is 2.76 bits per heavy atom. The number of hydrogen-bond acceptors (Lipinski definition) is 3. The summed E-state index contributed by atoms with van der Waals surface area (Å²) in [5.74, 6) is 0. The number of aryl methyl sites for hydroxylation is 1. The highest BCUT2D eigenvalue weighted by Crippen LogP contribution is 2.10. The van der Waals surface area contributed by atoms with Gasteiger partial charge in [0.05, 0.1) is 17.8 Å². The monoisotopic (exact) mass is 307 g/mol. The smallest absolute Gasteiger partial charge is 0.297 e. The van der Waals surface area contributed by atoms with Gasteiger partial charge in [-0.15, -0.1) is 0 Å². The number of pyridine rings is 1. The molecule has 0 fully saturated rings. The van der Waals surface area contributed by atoms with Crippen molar-refractivity contribution >= 4 is 11.6 Å². The van der Waals surface area contributed by atoms with Crippen molar-refractivity contribution in [1.29, 1.82) is 0 Å². The van der Waals surface area contributed by atoms with Crippen LogP contribution in [-0.4, -0.2) is 14.5 Å². The van der Waals surface area contributed by atoms with E-state index in [-0.39, 0.29) is 17.3 Å². The molecule has 0 spiro atoms. The zero-order valence-electron chi connectivity index (χ0n) is 12.1. The van der Waals surface area contributed by atoms with Gasteiger partial charge in [-0.25, -0.2) is 4.79 Å². The highest BCUT2D eigenvalue weighted by atomic mass is 35.5. The first-order valence-electron chi connectivity index (χ1n) is 7.02. The number of nitrogens with zero attached hydrogens (tertiary/aromatic N) is 2. The van der Waals surface area contributed by atoms with Gasteiger partial charge in [-0.1, -0.05) is 37.9 Å². The topological polar surface area (TPSA) is 67.8 Å². The van der Waals surface area contributed by atoms with Gasteiger partial charge in [0, 0.05) is 6.20 Å². The van der Waals surface area contributed by atoms with E-state index in [9.17, 15) is 9.59 Å². The van der Waals surface area contributed by atoms with E-state index in [0.717, 1.165) is 24.1 Å². The second-order valence-corrected chi connectivity index (χ2v) is 5.20. The lowest BCUT2D eigenvalue weighted by Crippen LogP contribution is -2.38. The summed E-state index contributed by atoms with van der Waals surface area (Å²) in [5, 5.41) is 0.139. The van der Waals surface area contributed by atoms with Crippen LogP contribution in [0.3, 0.4) is 0 Å². The van der Waals surface area contributed by atoms with E-state index >= 15 is 0 Å². The fourth-order valence-corrected chi connectivity index (χ4v) is 2.54. The molecule has 0 unspecified atom stereocenters. The van der Waals surface area contributed by atoms with Gasteiger partial charge in [0.15, 0.2) is 0 Å². The van der Waals surface area contributed by atoms with E-state index in [0.29, 0.717) is 12.0 Å². The molecule has 1 N–H and O–H groups in total. The first kappa shape index (κ1) is 15.5. The van der Waals surface area contributed by atoms with Gasteiger partial charge in [-0.3, -0.25) is 19.3 Å². The molecule has 0 aliphatic rings. The summed E-state index contributed by atoms with van der Waals surface area (Å²) in [6.07, 6.45) is 3.78. The SMILES string of the molecule is CCCc1c(Cl)[nH]c(=O)n(Cc2ncccc2CC)c1=O. The molecule has 21 heavy (non-hydrogen) atoms. The number of rotatable bonds is 5. The van der Waals surface area contributed by atoms with E-state index in [1.807, 2.05) is 26.0 Å². The van der Waals surface area contributed by atoms with Crippen LogP contribution in [0.1, 0.15) is 37.1 Å². The number of aromatic nitrogens is 3. The van der Waals surface area contributed by atoms with Gasteiger partial charge in [0.25, 0.3) is 5.56 Å². The van der Waals surface area contributed by atoms with Crippen LogP contribution in [0, 0.1) is 0 Å². The van der Waals surface area contributed by atoms with Gasteiger partial charge in [-0.2, -0.15) is 0 Å². The first-order valence-corrected chi connectivity index (χ1v) is 7.40. The minimum atomic E-state index is -0.502. The maximum absolute atomic E-state index is 12.4. The van der Waals surface area contributed by atoms with Crippen molar-refractivity contribution in [3.63, 3.8) is 0 Å². The Balaban J connectivity index is 2.52. The standard InChI is InChI=1S/C15H18ClN3O2/c1-3-6-11-13(16)18-15(21)19(14(11)20)9-12-10(4-2)7-5-8-17-12/h5,7-8H,3-4,6,9H2,1-2H3,(H,18,21). The van der Waals surface area contributed by atoms with Crippen LogP contribution in [0.4, 0.5) is 0 Å². The van der Waals surface area contributed by atoms with Crippen LogP contribution in [0.15, 0.2) is 27.9 Å². The molecule has 112 valence electrons. The summed E-state index contributed by atoms with van der Waals surface area (Å²) in [6, 6.07) is 3.80. The highest BCUT2D eigenvalue weighted by Gasteiger charge is 2.13. The van der Waals surface area contributed by atoms with Crippen LogP contribution < -0.4 is 11.2 Å². The third kappa shape index (κ3) is 3.24. The number of aromatic amines is 1. The Morgan fingerprint density at radius 1 is 1.33 bits per heavy atom. The number of halogens is 1. The molecule has 2 heterocycles.